The fourth-order valence-corrected chi connectivity index (χ4v) is 1.19. The molecule has 0 aromatic heterocycles. The highest BCUT2D eigenvalue weighted by molar-refractivity contribution is 5.43. The van der Waals surface area contributed by atoms with Crippen LogP contribution >= 0.6 is 0 Å². The Kier molecular flexibility index (Phi) is 1.74. The van der Waals surface area contributed by atoms with Gasteiger partial charge < -0.3 is 10.5 Å². The molecule has 0 saturated heterocycles. The smallest absolute Gasteiger partial charge is 0.180 e. The molecule has 1 heterocycles. The second kappa shape index (κ2) is 2.89. The maximum Gasteiger partial charge on any atom is 0.180 e. The molecule has 12 heavy (non-hydrogen) atoms. The summed E-state index contributed by atoms with van der Waals surface area (Å²) < 4.78 is 5.27. The number of rotatable bonds is 1. The first-order valence-electron chi connectivity index (χ1n) is 3.90. The third-order valence-electron chi connectivity index (χ3n) is 1.84. The summed E-state index contributed by atoms with van der Waals surface area (Å²) in [7, 11) is 0. The van der Waals surface area contributed by atoms with Gasteiger partial charge in [-0.2, -0.15) is 0 Å². The first kappa shape index (κ1) is 7.22. The molecule has 0 saturated carbocycles. The number of anilines is 1. The Balaban J connectivity index is 2.18. The van der Waals surface area contributed by atoms with Crippen LogP contribution in [0.5, 0.6) is 0 Å². The Morgan fingerprint density at radius 1 is 1.17 bits per heavy atom. The van der Waals surface area contributed by atoms with Crippen LogP contribution in [0.15, 0.2) is 36.6 Å². The lowest BCUT2D eigenvalue weighted by molar-refractivity contribution is 0.303. The maximum atomic E-state index is 5.56. The van der Waals surface area contributed by atoms with Crippen molar-refractivity contribution in [2.45, 2.75) is 6.42 Å². The quantitative estimate of drug-likeness (QED) is 0.638. The van der Waals surface area contributed by atoms with Crippen molar-refractivity contribution in [3.63, 3.8) is 0 Å². The zero-order valence-electron chi connectivity index (χ0n) is 6.66. The highest BCUT2D eigenvalue weighted by Gasteiger charge is 2.14. The molecule has 61 valence electrons. The van der Waals surface area contributed by atoms with Crippen LogP contribution in [-0.4, -0.2) is 0 Å². The van der Waals surface area contributed by atoms with Crippen molar-refractivity contribution >= 4 is 5.69 Å². The summed E-state index contributed by atoms with van der Waals surface area (Å²) >= 11 is 0. The summed E-state index contributed by atoms with van der Waals surface area (Å²) in [4.78, 5) is 0. The van der Waals surface area contributed by atoms with Gasteiger partial charge in [0.25, 0.3) is 0 Å². The van der Waals surface area contributed by atoms with Gasteiger partial charge in [0.15, 0.2) is 6.10 Å². The third-order valence-corrected chi connectivity index (χ3v) is 1.84. The third kappa shape index (κ3) is 1.28. The highest BCUT2D eigenvalue weighted by Crippen LogP contribution is 2.25. The number of ether oxygens (including phenoxy) is 1. The minimum Gasteiger partial charge on any atom is -0.486 e. The molecule has 1 aliphatic heterocycles. The fraction of sp³-hybridized carbons (Fsp3) is 0.100. The SMILES string of the molecule is Nc1ccc([C]2CC=CO2)cc1. The van der Waals surface area contributed by atoms with E-state index in [0.29, 0.717) is 0 Å². The second-order valence-corrected chi connectivity index (χ2v) is 2.74. The molecule has 2 N–H and O–H groups in total. The maximum absolute atomic E-state index is 5.56. The molecular weight excluding hydrogens is 150 g/mol. The average Bonchev–Trinajstić information content (AvgIpc) is 2.58. The molecule has 2 rings (SSSR count). The van der Waals surface area contributed by atoms with E-state index in [-0.39, 0.29) is 0 Å². The van der Waals surface area contributed by atoms with E-state index in [9.17, 15) is 0 Å². The van der Waals surface area contributed by atoms with Crippen LogP contribution in [0.1, 0.15) is 12.0 Å². The molecule has 1 radical (unpaired) electrons. The van der Waals surface area contributed by atoms with Crippen LogP contribution in [0.3, 0.4) is 0 Å². The van der Waals surface area contributed by atoms with E-state index in [0.717, 1.165) is 23.8 Å². The molecule has 0 bridgehead atoms. The van der Waals surface area contributed by atoms with Gasteiger partial charge in [-0.1, -0.05) is 12.1 Å². The van der Waals surface area contributed by atoms with Gasteiger partial charge in [0.1, 0.15) is 0 Å². The van der Waals surface area contributed by atoms with Crippen molar-refractivity contribution in [2.75, 3.05) is 5.73 Å². The molecule has 0 fully saturated rings. The van der Waals surface area contributed by atoms with Crippen LogP contribution in [0.4, 0.5) is 5.69 Å². The molecule has 0 unspecified atom stereocenters. The minimum absolute atomic E-state index is 0.783. The molecule has 0 atom stereocenters. The van der Waals surface area contributed by atoms with Crippen molar-refractivity contribution in [1.29, 1.82) is 0 Å². The molecule has 0 aliphatic carbocycles. The average molecular weight is 160 g/mol. The van der Waals surface area contributed by atoms with Crippen molar-refractivity contribution in [3.8, 4) is 0 Å². The first-order valence-corrected chi connectivity index (χ1v) is 3.90. The van der Waals surface area contributed by atoms with E-state index in [1.807, 2.05) is 30.3 Å². The van der Waals surface area contributed by atoms with E-state index in [1.54, 1.807) is 6.26 Å². The van der Waals surface area contributed by atoms with E-state index in [4.69, 9.17) is 10.5 Å². The van der Waals surface area contributed by atoms with Gasteiger partial charge in [0, 0.05) is 17.7 Å². The minimum atomic E-state index is 0.783. The Hall–Kier alpha value is -1.44. The molecule has 1 aromatic carbocycles. The summed E-state index contributed by atoms with van der Waals surface area (Å²) in [6, 6.07) is 7.70. The number of nitrogen functional groups attached to an aromatic ring is 1. The van der Waals surface area contributed by atoms with Crippen LogP contribution in [-0.2, 0) is 4.74 Å². The molecule has 1 aliphatic rings. The predicted octanol–water partition coefficient (Wildman–Crippen LogP) is 2.08. The molecule has 2 nitrogen and oxygen atoms in total. The first-order chi connectivity index (χ1) is 5.86. The lowest BCUT2D eigenvalue weighted by atomic mass is 10.1. The summed E-state index contributed by atoms with van der Waals surface area (Å²) in [5.74, 6) is 0. The number of nitrogens with two attached hydrogens (primary N) is 1. The van der Waals surface area contributed by atoms with Crippen molar-refractivity contribution in [1.82, 2.24) is 0 Å². The van der Waals surface area contributed by atoms with Crippen LogP contribution in [0.2, 0.25) is 0 Å². The Bertz CT molecular complexity index is 281. The monoisotopic (exact) mass is 160 g/mol. The molecule has 0 spiro atoms. The van der Waals surface area contributed by atoms with E-state index in [2.05, 4.69) is 0 Å². The Morgan fingerprint density at radius 3 is 2.50 bits per heavy atom. The number of hydrogen-bond donors (Lipinski definition) is 1. The Morgan fingerprint density at radius 2 is 1.92 bits per heavy atom. The van der Waals surface area contributed by atoms with E-state index < -0.39 is 0 Å². The van der Waals surface area contributed by atoms with E-state index >= 15 is 0 Å². The van der Waals surface area contributed by atoms with Crippen molar-refractivity contribution in [2.24, 2.45) is 0 Å². The number of benzene rings is 1. The van der Waals surface area contributed by atoms with Gasteiger partial charge in [-0.15, -0.1) is 0 Å². The largest absolute Gasteiger partial charge is 0.486 e. The van der Waals surface area contributed by atoms with Gasteiger partial charge in [0.05, 0.1) is 6.26 Å². The summed E-state index contributed by atoms with van der Waals surface area (Å²) in [5.41, 5.74) is 7.45. The zero-order chi connectivity index (χ0) is 8.39. The van der Waals surface area contributed by atoms with Gasteiger partial charge in [-0.25, -0.2) is 0 Å². The lowest BCUT2D eigenvalue weighted by Gasteiger charge is -2.08. The number of hydrogen-bond acceptors (Lipinski definition) is 2. The van der Waals surface area contributed by atoms with Gasteiger partial charge in [-0.3, -0.25) is 0 Å². The zero-order valence-corrected chi connectivity index (χ0v) is 6.66. The standard InChI is InChI=1S/C10H10NO/c11-9-5-3-8(4-6-9)10-2-1-7-12-10/h1,3-7H,2,11H2. The van der Waals surface area contributed by atoms with Crippen molar-refractivity contribution < 1.29 is 4.74 Å². The molecular formula is C10H10NO. The predicted molar refractivity (Wildman–Crippen MR) is 48.0 cm³/mol. The van der Waals surface area contributed by atoms with Gasteiger partial charge in [-0.05, 0) is 18.2 Å². The van der Waals surface area contributed by atoms with Crippen LogP contribution < -0.4 is 5.73 Å². The summed E-state index contributed by atoms with van der Waals surface area (Å²) in [6.07, 6.45) is 5.58. The van der Waals surface area contributed by atoms with Crippen molar-refractivity contribution in [3.05, 3.63) is 48.3 Å². The summed E-state index contributed by atoms with van der Waals surface area (Å²) in [6.45, 7) is 0. The molecule has 0 amide bonds. The lowest BCUT2D eigenvalue weighted by Crippen LogP contribution is -1.96. The second-order valence-electron chi connectivity index (χ2n) is 2.74. The van der Waals surface area contributed by atoms with Crippen LogP contribution in [0, 0.1) is 6.10 Å². The summed E-state index contributed by atoms with van der Waals surface area (Å²) in [5, 5.41) is 0. The van der Waals surface area contributed by atoms with Gasteiger partial charge >= 0.3 is 0 Å². The normalized spacial score (nSPS) is 16.3. The topological polar surface area (TPSA) is 35.2 Å². The fourth-order valence-electron chi connectivity index (χ4n) is 1.19. The van der Waals surface area contributed by atoms with E-state index in [1.165, 1.54) is 0 Å². The Labute approximate surface area is 71.6 Å². The van der Waals surface area contributed by atoms with Gasteiger partial charge in [0.2, 0.25) is 0 Å². The van der Waals surface area contributed by atoms with Crippen LogP contribution in [0.25, 0.3) is 0 Å². The molecule has 1 aromatic rings. The molecule has 2 heteroatoms. The highest BCUT2D eigenvalue weighted by atomic mass is 16.5.